The third-order valence-corrected chi connectivity index (χ3v) is 6.98. The van der Waals surface area contributed by atoms with Gasteiger partial charge in [0.25, 0.3) is 11.8 Å². The number of amides is 5. The number of rotatable bonds is 30. The molecule has 22 heteroatoms. The number of ether oxygens (including phenoxy) is 7. The minimum atomic E-state index is -1.01. The number of carbonyl (C=O) groups excluding carboxylic acids is 5. The molecule has 326 valence electrons. The molecule has 1 rings (SSSR count). The molecule has 4 atom stereocenters. The number of nitrogens with zero attached hydrogens (tertiary/aromatic N) is 1. The minimum absolute atomic E-state index is 0.0130. The molecule has 0 fully saturated rings. The molecule has 1 heterocycles. The Kier molecular flexibility index (Phi) is 35.6. The van der Waals surface area contributed by atoms with Crippen molar-refractivity contribution in [1.82, 2.24) is 20.9 Å². The predicted octanol–water partition coefficient (Wildman–Crippen LogP) is -2.40. The molecule has 0 saturated carbocycles. The van der Waals surface area contributed by atoms with Crippen LogP contribution in [0.3, 0.4) is 0 Å². The molecule has 5 amide bonds. The van der Waals surface area contributed by atoms with Crippen LogP contribution in [-0.2, 0) is 57.1 Å². The highest BCUT2D eigenvalue weighted by molar-refractivity contribution is 6.13. The van der Waals surface area contributed by atoms with Gasteiger partial charge in [0.15, 0.2) is 12.6 Å². The van der Waals surface area contributed by atoms with Gasteiger partial charge in [-0.3, -0.25) is 28.9 Å². The second kappa shape index (κ2) is 36.8. The quantitative estimate of drug-likeness (QED) is 0.0213. The van der Waals surface area contributed by atoms with Crippen LogP contribution in [0.4, 0.5) is 4.79 Å². The summed E-state index contributed by atoms with van der Waals surface area (Å²) in [7, 11) is 2.84. The average Bonchev–Trinajstić information content (AvgIpc) is 3.52. The second-order valence-electron chi connectivity index (χ2n) is 11.3. The van der Waals surface area contributed by atoms with Gasteiger partial charge in [0.2, 0.25) is 11.8 Å². The number of nitrogens with two attached hydrogens (primary N) is 1. The predicted molar refractivity (Wildman–Crippen MR) is 197 cm³/mol. The van der Waals surface area contributed by atoms with Gasteiger partial charge in [0, 0.05) is 71.9 Å². The maximum Gasteiger partial charge on any atom is 0.407 e. The van der Waals surface area contributed by atoms with Crippen LogP contribution in [0.15, 0.2) is 12.2 Å². The molecule has 0 aromatic rings. The Morgan fingerprint density at radius 1 is 0.714 bits per heavy atom. The van der Waals surface area contributed by atoms with Gasteiger partial charge >= 0.3 is 12.1 Å². The lowest BCUT2D eigenvalue weighted by Gasteiger charge is -2.21. The van der Waals surface area contributed by atoms with Crippen LogP contribution in [0.25, 0.3) is 0 Å². The van der Waals surface area contributed by atoms with Crippen LogP contribution in [0.1, 0.15) is 46.0 Å². The molecule has 0 saturated heterocycles. The van der Waals surface area contributed by atoms with Crippen LogP contribution in [-0.4, -0.2) is 186 Å². The van der Waals surface area contributed by atoms with Crippen LogP contribution >= 0.6 is 0 Å². The van der Waals surface area contributed by atoms with Gasteiger partial charge in [-0.15, -0.1) is 0 Å². The van der Waals surface area contributed by atoms with E-state index in [4.69, 9.17) is 59.3 Å². The number of carboxylic acid groups (broad SMARTS) is 1. The number of methoxy groups -OCH3 is 2. The summed E-state index contributed by atoms with van der Waals surface area (Å²) in [5, 5.41) is 42.2. The maximum atomic E-state index is 11.6. The smallest absolute Gasteiger partial charge is 0.407 e. The Labute approximate surface area is 327 Å². The molecule has 0 aliphatic carbocycles. The molecule has 9 N–H and O–H groups in total. The van der Waals surface area contributed by atoms with Gasteiger partial charge in [-0.25, -0.2) is 4.79 Å². The summed E-state index contributed by atoms with van der Waals surface area (Å²) >= 11 is 0. The summed E-state index contributed by atoms with van der Waals surface area (Å²) in [5.74, 6) is -2.17. The molecular formula is C34H63N5O17. The highest BCUT2D eigenvalue weighted by Gasteiger charge is 2.23. The number of carbonyl (C=O) groups is 6. The first-order chi connectivity index (χ1) is 26.8. The monoisotopic (exact) mass is 813 g/mol. The van der Waals surface area contributed by atoms with Crippen molar-refractivity contribution in [2.75, 3.05) is 99.8 Å². The SMILES string of the molecule is CCC(CO)OC(CO)OC.CCC(CO)OC(COC(=O)NCCC(=O)O)OC.NCCNC(=O)CCOCCOCCNC(=O)CCN1C(=O)C=CC1=O. The largest absolute Gasteiger partial charge is 0.481 e. The zero-order valence-corrected chi connectivity index (χ0v) is 32.8. The highest BCUT2D eigenvalue weighted by Crippen LogP contribution is 2.05. The van der Waals surface area contributed by atoms with Crippen molar-refractivity contribution in [2.45, 2.75) is 70.7 Å². The van der Waals surface area contributed by atoms with Gasteiger partial charge in [-0.2, -0.15) is 0 Å². The average molecular weight is 814 g/mol. The Morgan fingerprint density at radius 2 is 1.25 bits per heavy atom. The zero-order chi connectivity index (χ0) is 42.6. The molecule has 0 spiro atoms. The molecule has 56 heavy (non-hydrogen) atoms. The zero-order valence-electron chi connectivity index (χ0n) is 32.8. The van der Waals surface area contributed by atoms with Gasteiger partial charge < -0.3 is 75.3 Å². The number of carboxylic acids is 1. The highest BCUT2D eigenvalue weighted by atomic mass is 16.7. The first kappa shape index (κ1) is 54.3. The number of hydrogen-bond acceptors (Lipinski definition) is 17. The standard InChI is InChI=1S/C16H26N4O6.C11H21NO7.C7H16O4/c17-5-6-18-14(22)4-9-25-11-12-26-10-7-19-13(21)3-8-20-15(23)1-2-16(20)24;1-3-8(6-13)19-10(17-2)7-18-11(16)12-5-4-9(14)15;1-3-6(4-8)11-7(5-9)10-2/h1-2H,3-12,17H2,(H,18,22)(H,19,21);8,10,13H,3-7H2,1-2H3,(H,12,16)(H,14,15);6-9H,3-5H2,1-2H3. The lowest BCUT2D eigenvalue weighted by Crippen LogP contribution is -2.35. The Bertz CT molecular complexity index is 1080. The summed E-state index contributed by atoms with van der Waals surface area (Å²) in [6.07, 6.45) is 1.04. The fraction of sp³-hybridized carbons (Fsp3) is 0.765. The van der Waals surface area contributed by atoms with Crippen molar-refractivity contribution in [3.8, 4) is 0 Å². The third-order valence-electron chi connectivity index (χ3n) is 6.98. The molecule has 0 bridgehead atoms. The number of aliphatic hydroxyl groups is 3. The van der Waals surface area contributed by atoms with Crippen LogP contribution in [0, 0.1) is 0 Å². The van der Waals surface area contributed by atoms with E-state index in [1.165, 1.54) is 26.4 Å². The van der Waals surface area contributed by atoms with Crippen molar-refractivity contribution in [2.24, 2.45) is 5.73 Å². The third kappa shape index (κ3) is 30.4. The van der Waals surface area contributed by atoms with Crippen molar-refractivity contribution in [3.05, 3.63) is 12.2 Å². The minimum Gasteiger partial charge on any atom is -0.481 e. The molecule has 0 aromatic heterocycles. The van der Waals surface area contributed by atoms with E-state index >= 15 is 0 Å². The number of aliphatic hydroxyl groups excluding tert-OH is 3. The first-order valence-corrected chi connectivity index (χ1v) is 18.1. The summed E-state index contributed by atoms with van der Waals surface area (Å²) < 4.78 is 35.5. The van der Waals surface area contributed by atoms with E-state index in [1.54, 1.807) is 0 Å². The van der Waals surface area contributed by atoms with E-state index in [-0.39, 0.29) is 82.8 Å². The molecule has 1 aliphatic rings. The van der Waals surface area contributed by atoms with E-state index in [1.807, 2.05) is 13.8 Å². The van der Waals surface area contributed by atoms with Crippen molar-refractivity contribution in [1.29, 1.82) is 0 Å². The van der Waals surface area contributed by atoms with Gasteiger partial charge in [-0.1, -0.05) is 13.8 Å². The van der Waals surface area contributed by atoms with Crippen LogP contribution < -0.4 is 21.7 Å². The van der Waals surface area contributed by atoms with E-state index in [0.29, 0.717) is 58.9 Å². The second-order valence-corrected chi connectivity index (χ2v) is 11.3. The molecule has 1 aliphatic heterocycles. The first-order valence-electron chi connectivity index (χ1n) is 18.1. The van der Waals surface area contributed by atoms with Gasteiger partial charge in [-0.05, 0) is 12.8 Å². The Hall–Kier alpha value is -3.84. The van der Waals surface area contributed by atoms with Crippen molar-refractivity contribution >= 4 is 35.7 Å². The number of alkyl carbamates (subject to hydrolysis) is 1. The fourth-order valence-electron chi connectivity index (χ4n) is 3.77. The number of aliphatic carboxylic acids is 1. The topological polar surface area (TPSA) is 313 Å². The molecule has 4 unspecified atom stereocenters. The lowest BCUT2D eigenvalue weighted by atomic mass is 10.3. The van der Waals surface area contributed by atoms with Gasteiger partial charge in [0.1, 0.15) is 6.61 Å². The number of imide groups is 1. The molecule has 22 nitrogen and oxygen atoms in total. The summed E-state index contributed by atoms with van der Waals surface area (Å²) in [6.45, 7) is 5.75. The van der Waals surface area contributed by atoms with Gasteiger partial charge in [0.05, 0.1) is 64.9 Å². The normalized spacial score (nSPS) is 14.0. The van der Waals surface area contributed by atoms with E-state index < -0.39 is 36.5 Å². The van der Waals surface area contributed by atoms with Crippen molar-refractivity contribution < 1.29 is 82.4 Å². The van der Waals surface area contributed by atoms with E-state index in [0.717, 1.165) is 4.90 Å². The summed E-state index contributed by atoms with van der Waals surface area (Å²) in [6, 6.07) is 0. The number of hydrogen-bond donors (Lipinski definition) is 8. The van der Waals surface area contributed by atoms with E-state index in [2.05, 4.69) is 16.0 Å². The Balaban J connectivity index is 0. The van der Waals surface area contributed by atoms with Crippen molar-refractivity contribution in [3.63, 3.8) is 0 Å². The van der Waals surface area contributed by atoms with E-state index in [9.17, 15) is 28.8 Å². The maximum absolute atomic E-state index is 11.6. The fourth-order valence-corrected chi connectivity index (χ4v) is 3.77. The van der Waals surface area contributed by atoms with Crippen LogP contribution in [0.2, 0.25) is 0 Å². The lowest BCUT2D eigenvalue weighted by molar-refractivity contribution is -0.181. The molecule has 0 radical (unpaired) electrons. The summed E-state index contributed by atoms with van der Waals surface area (Å²) in [5.41, 5.74) is 5.27. The Morgan fingerprint density at radius 3 is 1.75 bits per heavy atom. The molecule has 0 aromatic carbocycles. The van der Waals surface area contributed by atoms with Crippen LogP contribution in [0.5, 0.6) is 0 Å². The molecular weight excluding hydrogens is 750 g/mol. The summed E-state index contributed by atoms with van der Waals surface area (Å²) in [4.78, 5) is 67.9. The number of nitrogens with one attached hydrogen (secondary N) is 3.